The van der Waals surface area contributed by atoms with Crippen molar-refractivity contribution in [2.45, 2.75) is 25.8 Å². The third-order valence-electron chi connectivity index (χ3n) is 2.84. The van der Waals surface area contributed by atoms with Crippen molar-refractivity contribution >= 4 is 5.91 Å². The maximum Gasteiger partial charge on any atom is 0.223 e. The predicted molar refractivity (Wildman–Crippen MR) is 70.8 cm³/mol. The fraction of sp³-hybridized carbons (Fsp3) is 0.500. The Morgan fingerprint density at radius 2 is 1.94 bits per heavy atom. The van der Waals surface area contributed by atoms with Gasteiger partial charge in [-0.2, -0.15) is 0 Å². The van der Waals surface area contributed by atoms with Gasteiger partial charge in [0.2, 0.25) is 5.91 Å². The van der Waals surface area contributed by atoms with Crippen molar-refractivity contribution in [2.24, 2.45) is 0 Å². The molecule has 0 fully saturated rings. The largest absolute Gasteiger partial charge is 0.349 e. The second kappa shape index (κ2) is 7.07. The number of benzene rings is 1. The predicted octanol–water partition coefficient (Wildman–Crippen LogP) is 2.21. The number of nitrogens with zero attached hydrogens (tertiary/aromatic N) is 1. The van der Waals surface area contributed by atoms with Crippen LogP contribution >= 0.6 is 0 Å². The number of carbonyl (C=O) groups excluding carboxylic acids is 1. The van der Waals surface area contributed by atoms with Crippen LogP contribution < -0.4 is 5.32 Å². The zero-order valence-electron chi connectivity index (χ0n) is 10.9. The van der Waals surface area contributed by atoms with Gasteiger partial charge in [-0.05, 0) is 12.0 Å². The number of rotatable bonds is 6. The first-order valence-corrected chi connectivity index (χ1v) is 6.13. The Kier molecular flexibility index (Phi) is 5.70. The molecule has 0 radical (unpaired) electrons. The minimum Gasteiger partial charge on any atom is -0.349 e. The summed E-state index contributed by atoms with van der Waals surface area (Å²) in [6.45, 7) is 2.88. The van der Waals surface area contributed by atoms with Crippen molar-refractivity contribution in [3.8, 4) is 0 Å². The Bertz CT molecular complexity index is 335. The molecule has 1 unspecified atom stereocenters. The zero-order valence-corrected chi connectivity index (χ0v) is 10.9. The minimum absolute atomic E-state index is 0.167. The second-order valence-corrected chi connectivity index (χ2v) is 4.36. The van der Waals surface area contributed by atoms with Gasteiger partial charge >= 0.3 is 0 Å². The van der Waals surface area contributed by atoms with Gasteiger partial charge in [0.25, 0.3) is 0 Å². The molecule has 1 aromatic rings. The lowest BCUT2D eigenvalue weighted by Gasteiger charge is -2.18. The highest BCUT2D eigenvalue weighted by molar-refractivity contribution is 5.75. The van der Waals surface area contributed by atoms with Gasteiger partial charge in [-0.25, -0.2) is 0 Å². The van der Waals surface area contributed by atoms with Crippen molar-refractivity contribution in [1.82, 2.24) is 10.2 Å². The first kappa shape index (κ1) is 13.7. The zero-order chi connectivity index (χ0) is 12.7. The topological polar surface area (TPSA) is 32.3 Å². The summed E-state index contributed by atoms with van der Waals surface area (Å²) in [6, 6.07) is 10.7. The monoisotopic (exact) mass is 234 g/mol. The summed E-state index contributed by atoms with van der Waals surface area (Å²) in [4.78, 5) is 13.1. The fourth-order valence-electron chi connectivity index (χ4n) is 1.76. The Balaban J connectivity index is 2.41. The third-order valence-corrected chi connectivity index (χ3v) is 2.84. The van der Waals surface area contributed by atoms with E-state index in [0.717, 1.165) is 13.0 Å². The van der Waals surface area contributed by atoms with E-state index >= 15 is 0 Å². The Morgan fingerprint density at radius 3 is 2.47 bits per heavy atom. The Hall–Kier alpha value is -1.35. The summed E-state index contributed by atoms with van der Waals surface area (Å²) in [6.07, 6.45) is 1.58. The highest BCUT2D eigenvalue weighted by Crippen LogP contribution is 2.15. The molecular weight excluding hydrogens is 212 g/mol. The van der Waals surface area contributed by atoms with E-state index in [0.29, 0.717) is 12.5 Å². The first-order valence-electron chi connectivity index (χ1n) is 6.13. The molecule has 0 spiro atoms. The molecule has 3 nitrogen and oxygen atoms in total. The molecule has 0 saturated heterocycles. The van der Waals surface area contributed by atoms with Crippen LogP contribution in [0.3, 0.4) is 0 Å². The van der Waals surface area contributed by atoms with Crippen molar-refractivity contribution in [1.29, 1.82) is 0 Å². The van der Waals surface area contributed by atoms with Gasteiger partial charge in [-0.15, -0.1) is 0 Å². The van der Waals surface area contributed by atoms with E-state index in [1.54, 1.807) is 19.0 Å². The average molecular weight is 234 g/mol. The maximum atomic E-state index is 11.4. The molecule has 0 aromatic heterocycles. The van der Waals surface area contributed by atoms with Gasteiger partial charge in [-0.1, -0.05) is 37.3 Å². The number of carbonyl (C=O) groups is 1. The quantitative estimate of drug-likeness (QED) is 0.818. The molecule has 1 atom stereocenters. The van der Waals surface area contributed by atoms with Crippen LogP contribution in [0.4, 0.5) is 0 Å². The van der Waals surface area contributed by atoms with Gasteiger partial charge in [-0.3, -0.25) is 4.79 Å². The fourth-order valence-corrected chi connectivity index (χ4v) is 1.76. The molecule has 1 N–H and O–H groups in total. The van der Waals surface area contributed by atoms with Gasteiger partial charge in [0.15, 0.2) is 0 Å². The molecule has 0 aliphatic heterocycles. The summed E-state index contributed by atoms with van der Waals surface area (Å²) < 4.78 is 0. The van der Waals surface area contributed by atoms with Crippen molar-refractivity contribution in [2.75, 3.05) is 20.6 Å². The van der Waals surface area contributed by atoms with E-state index in [4.69, 9.17) is 0 Å². The molecule has 1 rings (SSSR count). The van der Waals surface area contributed by atoms with Crippen LogP contribution in [0.25, 0.3) is 0 Å². The summed E-state index contributed by atoms with van der Waals surface area (Å²) in [5.74, 6) is 0.167. The summed E-state index contributed by atoms with van der Waals surface area (Å²) in [5, 5.41) is 3.42. The maximum absolute atomic E-state index is 11.4. The molecule has 1 aromatic carbocycles. The highest BCUT2D eigenvalue weighted by Gasteiger charge is 2.09. The van der Waals surface area contributed by atoms with Crippen molar-refractivity contribution in [3.05, 3.63) is 35.9 Å². The molecular formula is C14H22N2O. The standard InChI is InChI=1S/C14H22N2O/c1-4-13(12-8-6-5-7-9-12)15-11-10-14(17)16(2)3/h5-9,13,15H,4,10-11H2,1-3H3. The van der Waals surface area contributed by atoms with Gasteiger partial charge < -0.3 is 10.2 Å². The molecule has 0 aliphatic rings. The van der Waals surface area contributed by atoms with E-state index in [2.05, 4.69) is 24.4 Å². The van der Waals surface area contributed by atoms with Crippen LogP contribution in [0.15, 0.2) is 30.3 Å². The third kappa shape index (κ3) is 4.57. The summed E-state index contributed by atoms with van der Waals surface area (Å²) in [5.41, 5.74) is 1.28. The normalized spacial score (nSPS) is 12.2. The molecule has 1 amide bonds. The van der Waals surface area contributed by atoms with Crippen LogP contribution in [0.5, 0.6) is 0 Å². The lowest BCUT2D eigenvalue weighted by molar-refractivity contribution is -0.128. The van der Waals surface area contributed by atoms with Crippen molar-refractivity contribution in [3.63, 3.8) is 0 Å². The lowest BCUT2D eigenvalue weighted by Crippen LogP contribution is -2.28. The first-order chi connectivity index (χ1) is 8.15. The Labute approximate surface area is 104 Å². The summed E-state index contributed by atoms with van der Waals surface area (Å²) >= 11 is 0. The molecule has 3 heteroatoms. The van der Waals surface area contributed by atoms with E-state index in [-0.39, 0.29) is 5.91 Å². The lowest BCUT2D eigenvalue weighted by atomic mass is 10.0. The van der Waals surface area contributed by atoms with E-state index in [9.17, 15) is 4.79 Å². The van der Waals surface area contributed by atoms with Gasteiger partial charge in [0, 0.05) is 33.1 Å². The molecule has 17 heavy (non-hydrogen) atoms. The SMILES string of the molecule is CCC(NCCC(=O)N(C)C)c1ccccc1. The summed E-state index contributed by atoms with van der Waals surface area (Å²) in [7, 11) is 3.58. The van der Waals surface area contributed by atoms with Crippen LogP contribution in [-0.4, -0.2) is 31.4 Å². The molecule has 0 saturated carbocycles. The minimum atomic E-state index is 0.167. The average Bonchev–Trinajstić information content (AvgIpc) is 2.35. The highest BCUT2D eigenvalue weighted by atomic mass is 16.2. The number of amides is 1. The number of hydrogen-bond donors (Lipinski definition) is 1. The Morgan fingerprint density at radius 1 is 1.29 bits per heavy atom. The molecule has 94 valence electrons. The van der Waals surface area contributed by atoms with Crippen LogP contribution in [-0.2, 0) is 4.79 Å². The molecule has 0 heterocycles. The van der Waals surface area contributed by atoms with Crippen molar-refractivity contribution < 1.29 is 4.79 Å². The molecule has 0 bridgehead atoms. The number of nitrogens with one attached hydrogen (secondary N) is 1. The van der Waals surface area contributed by atoms with Crippen LogP contribution in [0, 0.1) is 0 Å². The van der Waals surface area contributed by atoms with Gasteiger partial charge in [0.1, 0.15) is 0 Å². The van der Waals surface area contributed by atoms with Gasteiger partial charge in [0.05, 0.1) is 0 Å². The van der Waals surface area contributed by atoms with E-state index in [1.165, 1.54) is 5.56 Å². The van der Waals surface area contributed by atoms with E-state index in [1.807, 2.05) is 18.2 Å². The smallest absolute Gasteiger partial charge is 0.223 e. The number of hydrogen-bond acceptors (Lipinski definition) is 2. The van der Waals surface area contributed by atoms with Crippen LogP contribution in [0.2, 0.25) is 0 Å². The molecule has 0 aliphatic carbocycles. The van der Waals surface area contributed by atoms with E-state index < -0.39 is 0 Å². The second-order valence-electron chi connectivity index (χ2n) is 4.36. The van der Waals surface area contributed by atoms with Crippen LogP contribution in [0.1, 0.15) is 31.4 Å².